The number of carbonyl (C=O) groups is 2. The van der Waals surface area contributed by atoms with Crippen LogP contribution < -0.4 is 20.7 Å². The lowest BCUT2D eigenvalue weighted by Gasteiger charge is -2.11. The van der Waals surface area contributed by atoms with Gasteiger partial charge in [-0.05, 0) is 72.0 Å². The maximum Gasteiger partial charge on any atom is 0.337 e. The summed E-state index contributed by atoms with van der Waals surface area (Å²) >= 11 is 17.5. The van der Waals surface area contributed by atoms with Crippen molar-refractivity contribution < 1.29 is 19.1 Å². The number of rotatable bonds is 10. The molecule has 14 heteroatoms. The summed E-state index contributed by atoms with van der Waals surface area (Å²) in [5, 5.41) is 22.3. The summed E-state index contributed by atoms with van der Waals surface area (Å²) in [4.78, 5) is 25.1. The SMILES string of the molecule is COC(=O)c1ccc(NC(=S)NCCNC(=O)Cn2nnc(-c3ccccc3Oc3ccc(Cl)cc3Cl)n2)cc1. The van der Waals surface area contributed by atoms with E-state index in [9.17, 15) is 9.59 Å². The van der Waals surface area contributed by atoms with E-state index in [2.05, 4.69) is 36.1 Å². The number of carbonyl (C=O) groups excluding carboxylic acids is 2. The Kier molecular flexibility index (Phi) is 9.84. The molecule has 4 aromatic rings. The van der Waals surface area contributed by atoms with Gasteiger partial charge >= 0.3 is 5.97 Å². The topological polar surface area (TPSA) is 132 Å². The number of hydrogen-bond donors (Lipinski definition) is 3. The van der Waals surface area contributed by atoms with Gasteiger partial charge in [0.2, 0.25) is 11.7 Å². The Morgan fingerprint density at radius 2 is 1.73 bits per heavy atom. The Balaban J connectivity index is 1.24. The summed E-state index contributed by atoms with van der Waals surface area (Å²) in [7, 11) is 1.32. The van der Waals surface area contributed by atoms with Crippen LogP contribution in [0.4, 0.5) is 5.69 Å². The maximum atomic E-state index is 12.4. The van der Waals surface area contributed by atoms with Gasteiger partial charge in [-0.15, -0.1) is 10.2 Å². The van der Waals surface area contributed by atoms with E-state index in [1.165, 1.54) is 11.9 Å². The highest BCUT2D eigenvalue weighted by atomic mass is 35.5. The molecule has 40 heavy (non-hydrogen) atoms. The Labute approximate surface area is 244 Å². The molecular weight excluding hydrogens is 577 g/mol. The van der Waals surface area contributed by atoms with E-state index in [1.807, 2.05) is 6.07 Å². The van der Waals surface area contributed by atoms with Gasteiger partial charge in [0.25, 0.3) is 0 Å². The fourth-order valence-electron chi connectivity index (χ4n) is 3.38. The van der Waals surface area contributed by atoms with Crippen LogP contribution in [0.1, 0.15) is 10.4 Å². The van der Waals surface area contributed by atoms with E-state index in [0.717, 1.165) is 0 Å². The van der Waals surface area contributed by atoms with Crippen molar-refractivity contribution in [1.82, 2.24) is 30.8 Å². The van der Waals surface area contributed by atoms with Crippen molar-refractivity contribution in [3.05, 3.63) is 82.3 Å². The normalized spacial score (nSPS) is 10.5. The summed E-state index contributed by atoms with van der Waals surface area (Å²) < 4.78 is 10.6. The number of thiocarbonyl (C=S) groups is 1. The van der Waals surface area contributed by atoms with Crippen LogP contribution >= 0.6 is 35.4 Å². The summed E-state index contributed by atoms with van der Waals surface area (Å²) in [6, 6.07) is 18.7. The van der Waals surface area contributed by atoms with Gasteiger partial charge in [-0.1, -0.05) is 35.3 Å². The van der Waals surface area contributed by atoms with Gasteiger partial charge in [0.05, 0.1) is 23.3 Å². The molecule has 0 aliphatic rings. The summed E-state index contributed by atoms with van der Waals surface area (Å²) in [5.41, 5.74) is 1.71. The number of ether oxygens (including phenoxy) is 2. The molecule has 0 radical (unpaired) electrons. The third-order valence-corrected chi connectivity index (χ3v) is 6.05. The van der Waals surface area contributed by atoms with E-state index in [0.29, 0.717) is 56.6 Å². The van der Waals surface area contributed by atoms with Crippen LogP contribution in [-0.2, 0) is 16.1 Å². The molecule has 0 fully saturated rings. The highest BCUT2D eigenvalue weighted by Crippen LogP contribution is 2.35. The first-order valence-electron chi connectivity index (χ1n) is 11.8. The third kappa shape index (κ3) is 7.88. The number of hydrogen-bond acceptors (Lipinski definition) is 8. The third-order valence-electron chi connectivity index (χ3n) is 5.28. The number of amides is 1. The summed E-state index contributed by atoms with van der Waals surface area (Å²) in [6.45, 7) is 0.558. The number of tetrazole rings is 1. The van der Waals surface area contributed by atoms with Crippen molar-refractivity contribution in [1.29, 1.82) is 0 Å². The van der Waals surface area contributed by atoms with Crippen molar-refractivity contribution in [2.75, 3.05) is 25.5 Å². The largest absolute Gasteiger partial charge is 0.465 e. The van der Waals surface area contributed by atoms with E-state index < -0.39 is 5.97 Å². The molecule has 0 atom stereocenters. The highest BCUT2D eigenvalue weighted by molar-refractivity contribution is 7.80. The number of methoxy groups -OCH3 is 1. The van der Waals surface area contributed by atoms with Gasteiger partial charge in [-0.25, -0.2) is 4.79 Å². The number of anilines is 1. The van der Waals surface area contributed by atoms with E-state index in [-0.39, 0.29) is 18.3 Å². The Bertz CT molecular complexity index is 1520. The fourth-order valence-corrected chi connectivity index (χ4v) is 4.05. The van der Waals surface area contributed by atoms with Crippen molar-refractivity contribution in [3.63, 3.8) is 0 Å². The lowest BCUT2D eigenvalue weighted by atomic mass is 10.2. The predicted molar refractivity (Wildman–Crippen MR) is 155 cm³/mol. The second-order valence-electron chi connectivity index (χ2n) is 8.12. The molecule has 0 saturated heterocycles. The molecule has 206 valence electrons. The lowest BCUT2D eigenvalue weighted by molar-refractivity contribution is -0.122. The monoisotopic (exact) mass is 599 g/mol. The van der Waals surface area contributed by atoms with Crippen molar-refractivity contribution in [2.24, 2.45) is 0 Å². The number of para-hydroxylation sites is 1. The van der Waals surface area contributed by atoms with Gasteiger partial charge < -0.3 is 25.4 Å². The molecule has 1 aromatic heterocycles. The van der Waals surface area contributed by atoms with Gasteiger partial charge in [0, 0.05) is 23.8 Å². The minimum Gasteiger partial charge on any atom is -0.465 e. The molecule has 1 heterocycles. The zero-order valence-electron chi connectivity index (χ0n) is 21.1. The summed E-state index contributed by atoms with van der Waals surface area (Å²) in [6.07, 6.45) is 0. The van der Waals surface area contributed by atoms with E-state index >= 15 is 0 Å². The molecule has 0 spiro atoms. The van der Waals surface area contributed by atoms with E-state index in [1.54, 1.807) is 60.7 Å². The Morgan fingerprint density at radius 1 is 0.975 bits per heavy atom. The first-order chi connectivity index (χ1) is 19.3. The summed E-state index contributed by atoms with van der Waals surface area (Å²) in [5.74, 6) is 0.446. The zero-order chi connectivity index (χ0) is 28.5. The molecule has 3 aromatic carbocycles. The van der Waals surface area contributed by atoms with Crippen LogP contribution in [0, 0.1) is 0 Å². The molecule has 0 bridgehead atoms. The minimum atomic E-state index is -0.418. The van der Waals surface area contributed by atoms with Crippen LogP contribution in [0.5, 0.6) is 11.5 Å². The Hall–Kier alpha value is -4.26. The quantitative estimate of drug-likeness (QED) is 0.137. The van der Waals surface area contributed by atoms with Crippen LogP contribution in [0.2, 0.25) is 10.0 Å². The number of halogens is 2. The number of nitrogens with zero attached hydrogens (tertiary/aromatic N) is 4. The number of benzene rings is 3. The van der Waals surface area contributed by atoms with Gasteiger partial charge in [-0.2, -0.15) is 4.80 Å². The van der Waals surface area contributed by atoms with Crippen molar-refractivity contribution in [2.45, 2.75) is 6.54 Å². The fraction of sp³-hybridized carbons (Fsp3) is 0.154. The molecule has 11 nitrogen and oxygen atoms in total. The van der Waals surface area contributed by atoms with Crippen LogP contribution in [0.3, 0.4) is 0 Å². The second-order valence-corrected chi connectivity index (χ2v) is 9.37. The van der Waals surface area contributed by atoms with Crippen LogP contribution in [-0.4, -0.2) is 57.4 Å². The van der Waals surface area contributed by atoms with Crippen LogP contribution in [0.15, 0.2) is 66.7 Å². The molecule has 0 aliphatic carbocycles. The lowest BCUT2D eigenvalue weighted by Crippen LogP contribution is -2.38. The van der Waals surface area contributed by atoms with Gasteiger partial charge in [0.15, 0.2) is 5.11 Å². The second kappa shape index (κ2) is 13.7. The van der Waals surface area contributed by atoms with Crippen molar-refractivity contribution in [3.8, 4) is 22.9 Å². The van der Waals surface area contributed by atoms with E-state index in [4.69, 9.17) is 40.2 Å². The molecule has 0 aliphatic heterocycles. The average Bonchev–Trinajstić information content (AvgIpc) is 3.41. The average molecular weight is 600 g/mol. The molecule has 3 N–H and O–H groups in total. The predicted octanol–water partition coefficient (Wildman–Crippen LogP) is 4.33. The Morgan fingerprint density at radius 3 is 2.48 bits per heavy atom. The smallest absolute Gasteiger partial charge is 0.337 e. The number of esters is 1. The first-order valence-corrected chi connectivity index (χ1v) is 13.0. The maximum absolute atomic E-state index is 12.4. The molecule has 4 rings (SSSR count). The van der Waals surface area contributed by atoms with Gasteiger partial charge in [0.1, 0.15) is 18.0 Å². The first kappa shape index (κ1) is 28.7. The van der Waals surface area contributed by atoms with Crippen molar-refractivity contribution >= 4 is 58.1 Å². The van der Waals surface area contributed by atoms with Gasteiger partial charge in [-0.3, -0.25) is 4.79 Å². The molecule has 1 amide bonds. The molecular formula is C26H23Cl2N7O4S. The molecule has 0 saturated carbocycles. The van der Waals surface area contributed by atoms with Crippen LogP contribution in [0.25, 0.3) is 11.4 Å². The standard InChI is InChI=1S/C26H23Cl2N7O4S/c1-38-25(37)16-6-9-18(10-7-16)31-26(40)30-13-12-29-23(36)15-35-33-24(32-34-35)19-4-2-3-5-21(19)39-22-11-8-17(27)14-20(22)28/h2-11,14H,12-13,15H2,1H3,(H,29,36)(H2,30,31,40). The minimum absolute atomic E-state index is 0.131. The number of aromatic nitrogens is 4. The molecule has 0 unspecified atom stereocenters. The number of nitrogens with one attached hydrogen (secondary N) is 3. The zero-order valence-corrected chi connectivity index (χ0v) is 23.4. The highest BCUT2D eigenvalue weighted by Gasteiger charge is 2.15.